The van der Waals surface area contributed by atoms with Gasteiger partial charge in [-0.3, -0.25) is 4.68 Å². The maximum Gasteiger partial charge on any atom is 0.158 e. The second kappa shape index (κ2) is 4.01. The lowest BCUT2D eigenvalue weighted by Gasteiger charge is -2.05. The molecule has 0 radical (unpaired) electrons. The Kier molecular flexibility index (Phi) is 2.84. The van der Waals surface area contributed by atoms with Crippen LogP contribution in [0.1, 0.15) is 38.2 Å². The summed E-state index contributed by atoms with van der Waals surface area (Å²) in [7, 11) is 0. The Morgan fingerprint density at radius 2 is 2.00 bits per heavy atom. The van der Waals surface area contributed by atoms with Gasteiger partial charge in [0.2, 0.25) is 0 Å². The number of nitrogens with zero attached hydrogens (tertiary/aromatic N) is 4. The maximum atomic E-state index is 6.19. The highest BCUT2D eigenvalue weighted by molar-refractivity contribution is 6.33. The van der Waals surface area contributed by atoms with Gasteiger partial charge in [0.05, 0.1) is 5.69 Å². The molecule has 2 rings (SSSR count). The molecule has 0 bridgehead atoms. The van der Waals surface area contributed by atoms with Crippen LogP contribution in [0, 0.1) is 6.92 Å². The zero-order valence-corrected chi connectivity index (χ0v) is 10.7. The minimum absolute atomic E-state index is 0.270. The van der Waals surface area contributed by atoms with Crippen molar-refractivity contribution in [3.05, 3.63) is 16.7 Å². The van der Waals surface area contributed by atoms with Crippen LogP contribution in [-0.4, -0.2) is 19.7 Å². The van der Waals surface area contributed by atoms with Crippen LogP contribution in [0.2, 0.25) is 5.15 Å². The zero-order valence-electron chi connectivity index (χ0n) is 9.95. The maximum absolute atomic E-state index is 6.19. The Bertz CT molecular complexity index is 530. The molecule has 0 spiro atoms. The van der Waals surface area contributed by atoms with Crippen molar-refractivity contribution in [2.24, 2.45) is 0 Å². The van der Waals surface area contributed by atoms with Gasteiger partial charge >= 0.3 is 0 Å². The van der Waals surface area contributed by atoms with Crippen LogP contribution in [0.4, 0.5) is 0 Å². The summed E-state index contributed by atoms with van der Waals surface area (Å²) in [4.78, 5) is 8.84. The Labute approximate surface area is 99.7 Å². The lowest BCUT2D eigenvalue weighted by Crippen LogP contribution is -2.01. The summed E-state index contributed by atoms with van der Waals surface area (Å²) in [6, 6.07) is 0. The van der Waals surface area contributed by atoms with Crippen LogP contribution < -0.4 is 0 Å². The van der Waals surface area contributed by atoms with Gasteiger partial charge in [0.1, 0.15) is 16.9 Å². The van der Waals surface area contributed by atoms with E-state index in [0.717, 1.165) is 29.1 Å². The fourth-order valence-electron chi connectivity index (χ4n) is 1.69. The minimum Gasteiger partial charge on any atom is -0.260 e. The van der Waals surface area contributed by atoms with Gasteiger partial charge in [-0.25, -0.2) is 9.97 Å². The quantitative estimate of drug-likeness (QED) is 0.756. The summed E-state index contributed by atoms with van der Waals surface area (Å²) in [6.07, 6.45) is 0. The minimum atomic E-state index is 0.270. The second-order valence-electron chi connectivity index (χ2n) is 4.13. The van der Waals surface area contributed by atoms with Crippen LogP contribution in [0.5, 0.6) is 0 Å². The first-order chi connectivity index (χ1) is 7.54. The summed E-state index contributed by atoms with van der Waals surface area (Å²) in [6.45, 7) is 8.85. The van der Waals surface area contributed by atoms with Gasteiger partial charge in [-0.05, 0) is 13.8 Å². The summed E-state index contributed by atoms with van der Waals surface area (Å²) < 4.78 is 1.84. The fourth-order valence-corrected chi connectivity index (χ4v) is 1.96. The summed E-state index contributed by atoms with van der Waals surface area (Å²) in [5.41, 5.74) is 2.61. The standard InChI is InChI=1S/C11H15ClN4/c1-5-16-9-8(7(4)15-16)13-11(6(2)3)14-10(9)12/h6H,5H2,1-4H3. The first-order valence-corrected chi connectivity index (χ1v) is 5.83. The van der Waals surface area contributed by atoms with Gasteiger partial charge in [-0.15, -0.1) is 0 Å². The van der Waals surface area contributed by atoms with Crippen LogP contribution in [-0.2, 0) is 6.54 Å². The average molecular weight is 239 g/mol. The first kappa shape index (κ1) is 11.3. The van der Waals surface area contributed by atoms with Gasteiger partial charge in [-0.1, -0.05) is 25.4 Å². The average Bonchev–Trinajstić information content (AvgIpc) is 2.56. The molecular formula is C11H15ClN4. The van der Waals surface area contributed by atoms with Crippen molar-refractivity contribution in [3.63, 3.8) is 0 Å². The molecule has 0 aliphatic rings. The van der Waals surface area contributed by atoms with E-state index in [9.17, 15) is 0 Å². The van der Waals surface area contributed by atoms with Crippen molar-refractivity contribution in [3.8, 4) is 0 Å². The number of fused-ring (bicyclic) bond motifs is 1. The van der Waals surface area contributed by atoms with E-state index in [2.05, 4.69) is 28.9 Å². The van der Waals surface area contributed by atoms with E-state index in [1.807, 2.05) is 18.5 Å². The molecule has 0 aromatic carbocycles. The van der Waals surface area contributed by atoms with Crippen LogP contribution in [0.15, 0.2) is 0 Å². The van der Waals surface area contributed by atoms with Crippen molar-refractivity contribution in [2.75, 3.05) is 0 Å². The van der Waals surface area contributed by atoms with Crippen LogP contribution >= 0.6 is 11.6 Å². The molecule has 0 atom stereocenters. The van der Waals surface area contributed by atoms with Gasteiger partial charge < -0.3 is 0 Å². The Hall–Kier alpha value is -1.16. The molecule has 0 amide bonds. The molecule has 0 aliphatic carbocycles. The molecule has 2 aromatic heterocycles. The van der Waals surface area contributed by atoms with Crippen LogP contribution in [0.3, 0.4) is 0 Å². The summed E-state index contributed by atoms with van der Waals surface area (Å²) >= 11 is 6.19. The molecule has 0 N–H and O–H groups in total. The Morgan fingerprint density at radius 1 is 1.31 bits per heavy atom. The number of aryl methyl sites for hydroxylation is 2. The molecular weight excluding hydrogens is 224 g/mol. The van der Waals surface area contributed by atoms with E-state index >= 15 is 0 Å². The number of aromatic nitrogens is 4. The van der Waals surface area contributed by atoms with Gasteiger partial charge in [0, 0.05) is 12.5 Å². The predicted octanol–water partition coefficient (Wildman–Crippen LogP) is 2.93. The van der Waals surface area contributed by atoms with Gasteiger partial charge in [0.25, 0.3) is 0 Å². The fraction of sp³-hybridized carbons (Fsp3) is 0.545. The molecule has 4 nitrogen and oxygen atoms in total. The van der Waals surface area contributed by atoms with E-state index in [-0.39, 0.29) is 5.92 Å². The number of halogens is 1. The van der Waals surface area contributed by atoms with Crippen molar-refractivity contribution in [1.82, 2.24) is 19.7 Å². The summed E-state index contributed by atoms with van der Waals surface area (Å²) in [5.74, 6) is 1.04. The molecule has 16 heavy (non-hydrogen) atoms. The smallest absolute Gasteiger partial charge is 0.158 e. The van der Waals surface area contributed by atoms with E-state index in [1.165, 1.54) is 0 Å². The topological polar surface area (TPSA) is 43.6 Å². The number of hydrogen-bond donors (Lipinski definition) is 0. The SMILES string of the molecule is CCn1nc(C)c2nc(C(C)C)nc(Cl)c21. The highest BCUT2D eigenvalue weighted by Gasteiger charge is 2.15. The summed E-state index contributed by atoms with van der Waals surface area (Å²) in [5, 5.41) is 4.90. The Balaban J connectivity index is 2.78. The van der Waals surface area contributed by atoms with E-state index in [4.69, 9.17) is 11.6 Å². The molecule has 0 saturated heterocycles. The molecule has 0 fully saturated rings. The molecule has 0 aliphatic heterocycles. The second-order valence-corrected chi connectivity index (χ2v) is 4.48. The first-order valence-electron chi connectivity index (χ1n) is 5.45. The predicted molar refractivity (Wildman–Crippen MR) is 64.8 cm³/mol. The van der Waals surface area contributed by atoms with Gasteiger partial charge in [-0.2, -0.15) is 5.10 Å². The third kappa shape index (κ3) is 1.67. The van der Waals surface area contributed by atoms with E-state index in [1.54, 1.807) is 0 Å². The lowest BCUT2D eigenvalue weighted by molar-refractivity contribution is 0.674. The number of rotatable bonds is 2. The highest BCUT2D eigenvalue weighted by atomic mass is 35.5. The number of hydrogen-bond acceptors (Lipinski definition) is 3. The van der Waals surface area contributed by atoms with Crippen LogP contribution in [0.25, 0.3) is 11.0 Å². The molecule has 2 aromatic rings. The monoisotopic (exact) mass is 238 g/mol. The largest absolute Gasteiger partial charge is 0.260 e. The molecule has 86 valence electrons. The third-order valence-corrected chi connectivity index (χ3v) is 2.81. The van der Waals surface area contributed by atoms with Crippen molar-refractivity contribution in [1.29, 1.82) is 0 Å². The molecule has 0 unspecified atom stereocenters. The van der Waals surface area contributed by atoms with Crippen molar-refractivity contribution >= 4 is 22.6 Å². The zero-order chi connectivity index (χ0) is 11.9. The van der Waals surface area contributed by atoms with Crippen molar-refractivity contribution in [2.45, 2.75) is 40.2 Å². The Morgan fingerprint density at radius 3 is 2.56 bits per heavy atom. The molecule has 5 heteroatoms. The molecule has 2 heterocycles. The van der Waals surface area contributed by atoms with E-state index < -0.39 is 0 Å². The highest BCUT2D eigenvalue weighted by Crippen LogP contribution is 2.25. The van der Waals surface area contributed by atoms with Gasteiger partial charge in [0.15, 0.2) is 5.15 Å². The normalized spacial score (nSPS) is 11.6. The van der Waals surface area contributed by atoms with E-state index in [0.29, 0.717) is 5.15 Å². The third-order valence-electron chi connectivity index (χ3n) is 2.55. The van der Waals surface area contributed by atoms with Crippen molar-refractivity contribution < 1.29 is 0 Å². The lowest BCUT2D eigenvalue weighted by atomic mass is 10.2. The molecule has 0 saturated carbocycles.